The molecule has 0 spiro atoms. The number of rotatable bonds is 49. The Kier molecular flexibility index (Phi) is 37.9. The van der Waals surface area contributed by atoms with Gasteiger partial charge in [0.1, 0.15) is 60.3 Å². The summed E-state index contributed by atoms with van der Waals surface area (Å²) in [5, 5.41) is 122. The number of nitrogens with zero attached hydrogens (tertiary/aromatic N) is 2. The van der Waals surface area contributed by atoms with E-state index in [1.165, 1.54) is 13.0 Å². The van der Waals surface area contributed by atoms with Crippen molar-refractivity contribution in [1.29, 1.82) is 0 Å². The molecule has 0 saturated carbocycles. The number of carbonyl (C=O) groups is 9. The van der Waals surface area contributed by atoms with Crippen LogP contribution in [0.1, 0.15) is 112 Å². The van der Waals surface area contributed by atoms with Gasteiger partial charge in [0.25, 0.3) is 12.0 Å². The van der Waals surface area contributed by atoms with E-state index in [1.807, 2.05) is 0 Å². The fraction of sp³-hybridized carbons (Fsp3) is 0.544. The zero-order valence-corrected chi connectivity index (χ0v) is 57.7. The summed E-state index contributed by atoms with van der Waals surface area (Å²) in [5.74, 6) is -11.1. The number of halogens is 2. The van der Waals surface area contributed by atoms with Crippen LogP contribution in [0.25, 0.3) is 11.1 Å². The molecule has 0 radical (unpaired) electrons. The summed E-state index contributed by atoms with van der Waals surface area (Å²) in [6, 6.07) is 13.1. The number of carboxylic acids is 1. The summed E-state index contributed by atoms with van der Waals surface area (Å²) in [4.78, 5) is 146. The van der Waals surface area contributed by atoms with Crippen LogP contribution < -0.4 is 48.9 Å². The topological polar surface area (TPSA) is 528 Å². The van der Waals surface area contributed by atoms with E-state index in [-0.39, 0.29) is 68.0 Å². The van der Waals surface area contributed by atoms with Gasteiger partial charge in [-0.3, -0.25) is 52.3 Å². The molecular weight excluding hydrogens is 1380 g/mol. The van der Waals surface area contributed by atoms with Crippen molar-refractivity contribution < 1.29 is 113 Å². The normalized spacial score (nSPS) is 15.2. The van der Waals surface area contributed by atoms with Gasteiger partial charge in [0.15, 0.2) is 5.78 Å². The first-order chi connectivity index (χ1) is 49.0. The summed E-state index contributed by atoms with van der Waals surface area (Å²) in [5.41, 5.74) is 6.53. The van der Waals surface area contributed by atoms with E-state index in [9.17, 15) is 98.7 Å². The van der Waals surface area contributed by atoms with Crippen molar-refractivity contribution in [3.63, 3.8) is 0 Å². The van der Waals surface area contributed by atoms with Gasteiger partial charge in [-0.15, -0.1) is 0 Å². The summed E-state index contributed by atoms with van der Waals surface area (Å²) in [6.45, 7) is -2.86. The molecule has 6 amide bonds. The first-order valence-corrected chi connectivity index (χ1v) is 34.1. The number of ether oxygens (including phenoxy) is 1. The first kappa shape index (κ1) is 86.9. The number of aliphatic carboxylic acids is 1. The van der Waals surface area contributed by atoms with Crippen molar-refractivity contribution in [3.8, 4) is 11.1 Å². The van der Waals surface area contributed by atoms with E-state index in [4.69, 9.17) is 20.7 Å². The van der Waals surface area contributed by atoms with E-state index < -0.39 is 227 Å². The summed E-state index contributed by atoms with van der Waals surface area (Å²) in [7, 11) is 0. The van der Waals surface area contributed by atoms with Gasteiger partial charge in [-0.05, 0) is 74.3 Å². The second-order valence-electron chi connectivity index (χ2n) is 24.7. The fourth-order valence-corrected chi connectivity index (χ4v) is 11.1. The van der Waals surface area contributed by atoms with Gasteiger partial charge in [0, 0.05) is 80.7 Å². The molecule has 1 aromatic heterocycles. The van der Waals surface area contributed by atoms with Crippen LogP contribution in [0.2, 0.25) is 0 Å². The summed E-state index contributed by atoms with van der Waals surface area (Å²) >= 11 is 3.93. The maximum Gasteiger partial charge on any atom is 0.331 e. The van der Waals surface area contributed by atoms with Crippen LogP contribution in [0.5, 0.6) is 0 Å². The molecule has 0 bridgehead atoms. The second-order valence-corrected chi connectivity index (χ2v) is 25.1. The van der Waals surface area contributed by atoms with Crippen LogP contribution in [0.4, 0.5) is 8.78 Å². The van der Waals surface area contributed by atoms with Gasteiger partial charge < -0.3 is 98.5 Å². The Bertz CT molecular complexity index is 3540. The number of aliphatic hydroxyl groups is 10. The largest absolute Gasteiger partial charge is 0.480 e. The molecule has 3 aromatic carbocycles. The Labute approximate surface area is 596 Å². The summed E-state index contributed by atoms with van der Waals surface area (Å²) in [6.07, 6.45) is -16.5. The third-order valence-corrected chi connectivity index (χ3v) is 17.4. The van der Waals surface area contributed by atoms with E-state index in [0.717, 1.165) is 21.3 Å². The predicted octanol–water partition coefficient (Wildman–Crippen LogP) is -3.33. The lowest BCUT2D eigenvalue weighted by Gasteiger charge is -2.26. The number of hydrogen-bond acceptors (Lipinski definition) is 24. The van der Waals surface area contributed by atoms with Crippen LogP contribution in [0.3, 0.4) is 0 Å². The third-order valence-electron chi connectivity index (χ3n) is 17.0. The SMILES string of the molecule is Cc1c(-c2cccc(CCC(=O)NCCCCCCCC(=O)N[C@H](CCC(=O)NC[C@H](O)[C@@H](O)[C@H](O)[C@H](O)CO)C(=O)C[C@H](CCOC=O)C(=O)N[C@H](CCC(=O)NC[C@H](O)[C@@H](O)[C@H](O)[C@H](O)CO)C(=O)N[C@H](CS)C(=O)O)c2)c(=O)n(C[C@@H](N)c2ccccc2)c(=O)n1Cc1c(F)cccc1F. The van der Waals surface area contributed by atoms with Gasteiger partial charge >= 0.3 is 11.7 Å². The summed E-state index contributed by atoms with van der Waals surface area (Å²) < 4.78 is 36.9. The molecule has 0 saturated heterocycles. The molecular formula is C68H95F2N9O23S. The number of aliphatic hydroxyl groups excluding tert-OH is 10. The van der Waals surface area contributed by atoms with E-state index in [1.54, 1.807) is 54.6 Å². The molecule has 4 aromatic rings. The standard InChI is InChI=1S/C68H95F2N9O23S/c1-38-59(66(98)79(33-46(71)40-13-6-5-7-14-40)68(101)78(38)32-43-44(69)16-11-17-45(43)70)41-15-10-12-39(28-41)19-22-55(88)72-26-9-4-2-3-8-18-58(91)75-47(20-23-56(89)73-30-51(84)60(92)62(94)53(86)34-80)50(83)29-42(25-27-102-37-82)64(96)76-48(65(97)77-49(36-103)67(99)100)21-24-57(90)74-31-52(85)61(93)63(95)54(87)35-81/h5-7,10-17,28,37,42,46-49,51-54,60-63,80-81,84-87,92-95,103H,2-4,8-9,18-27,29-36,71H2,1H3,(H,72,88)(H,73,89)(H,74,90)(H,75,91)(H,76,96)(H,77,97)(H,99,100)/t42-,46+,47+,48+,49+,51-,52-,53+,54+,60+,61+,62+,63+/m0/s1. The number of aromatic nitrogens is 2. The van der Waals surface area contributed by atoms with Crippen molar-refractivity contribution in [2.75, 3.05) is 45.2 Å². The maximum atomic E-state index is 15.0. The molecule has 0 aliphatic carbocycles. The minimum atomic E-state index is -2.06. The molecule has 570 valence electrons. The van der Waals surface area contributed by atoms with Crippen molar-refractivity contribution in [2.24, 2.45) is 11.7 Å². The highest BCUT2D eigenvalue weighted by molar-refractivity contribution is 7.80. The molecule has 0 fully saturated rings. The molecule has 0 unspecified atom stereocenters. The molecule has 13 atom stereocenters. The molecule has 1 heterocycles. The van der Waals surface area contributed by atoms with Crippen molar-refractivity contribution in [2.45, 2.75) is 183 Å². The average Bonchev–Trinajstić information content (AvgIpc) is 0.761. The number of carbonyl (C=O) groups excluding carboxylic acids is 8. The fourth-order valence-electron chi connectivity index (χ4n) is 10.8. The number of unbranched alkanes of at least 4 members (excludes halogenated alkanes) is 4. The third kappa shape index (κ3) is 28.3. The Hall–Kier alpha value is -8.46. The van der Waals surface area contributed by atoms with Crippen molar-refractivity contribution in [3.05, 3.63) is 128 Å². The van der Waals surface area contributed by atoms with Crippen LogP contribution in [0.15, 0.2) is 82.4 Å². The second kappa shape index (κ2) is 44.9. The number of hydrogen-bond donors (Lipinski definition) is 19. The van der Waals surface area contributed by atoms with E-state index in [0.29, 0.717) is 42.4 Å². The maximum absolute atomic E-state index is 15.0. The molecule has 35 heteroatoms. The first-order valence-electron chi connectivity index (χ1n) is 33.4. The Morgan fingerprint density at radius 3 is 1.73 bits per heavy atom. The Morgan fingerprint density at radius 1 is 0.612 bits per heavy atom. The zero-order valence-electron chi connectivity index (χ0n) is 56.8. The number of aryl methyl sites for hydroxylation is 1. The number of ketones is 1. The number of Topliss-reactive ketones (excluding diaryl/α,β-unsaturated/α-hetero) is 1. The van der Waals surface area contributed by atoms with Crippen LogP contribution in [0, 0.1) is 24.5 Å². The number of nitrogens with one attached hydrogen (secondary N) is 6. The lowest BCUT2D eigenvalue weighted by molar-refractivity contribution is -0.142. The molecule has 19 N–H and O–H groups in total. The molecule has 103 heavy (non-hydrogen) atoms. The van der Waals surface area contributed by atoms with Gasteiger partial charge in [-0.25, -0.2) is 18.4 Å². The number of carboxylic acid groups (broad SMARTS) is 1. The number of nitrogens with two attached hydrogens (primary N) is 1. The minimum absolute atomic E-state index is 0.0339. The highest BCUT2D eigenvalue weighted by Gasteiger charge is 2.35. The minimum Gasteiger partial charge on any atom is -0.480 e. The lowest BCUT2D eigenvalue weighted by atomic mass is 9.92. The zero-order chi connectivity index (χ0) is 76.5. The van der Waals surface area contributed by atoms with Crippen LogP contribution in [-0.4, -0.2) is 231 Å². The van der Waals surface area contributed by atoms with Gasteiger partial charge in [-0.2, -0.15) is 12.6 Å². The predicted molar refractivity (Wildman–Crippen MR) is 367 cm³/mol. The molecule has 0 aliphatic rings. The van der Waals surface area contributed by atoms with Crippen LogP contribution in [-0.2, 0) is 67.4 Å². The Morgan fingerprint density at radius 2 is 1.16 bits per heavy atom. The van der Waals surface area contributed by atoms with Crippen molar-refractivity contribution in [1.82, 2.24) is 41.0 Å². The molecule has 0 aliphatic heterocycles. The van der Waals surface area contributed by atoms with Crippen LogP contribution >= 0.6 is 12.6 Å². The highest BCUT2D eigenvalue weighted by atomic mass is 32.1. The van der Waals surface area contributed by atoms with Gasteiger partial charge in [0.2, 0.25) is 35.4 Å². The van der Waals surface area contributed by atoms with E-state index >= 15 is 8.78 Å². The van der Waals surface area contributed by atoms with Gasteiger partial charge in [0.05, 0.1) is 56.7 Å². The van der Waals surface area contributed by atoms with Gasteiger partial charge in [-0.1, -0.05) is 79.9 Å². The molecule has 4 rings (SSSR count). The van der Waals surface area contributed by atoms with Crippen molar-refractivity contribution >= 4 is 66.3 Å². The smallest absolute Gasteiger partial charge is 0.331 e. The van der Waals surface area contributed by atoms with E-state index in [2.05, 4.69) is 44.5 Å². The lowest BCUT2D eigenvalue weighted by Crippen LogP contribution is -2.54. The number of amides is 6. The monoisotopic (exact) mass is 1480 g/mol. The Balaban J connectivity index is 1.41. The quantitative estimate of drug-likeness (QED) is 0.0117. The average molecular weight is 1480 g/mol. The molecule has 32 nitrogen and oxygen atoms in total. The number of thiol groups is 1. The highest BCUT2D eigenvalue weighted by Crippen LogP contribution is 2.24. The number of benzene rings is 3.